The van der Waals surface area contributed by atoms with Crippen molar-refractivity contribution in [3.63, 3.8) is 0 Å². The van der Waals surface area contributed by atoms with Crippen molar-refractivity contribution in [2.45, 2.75) is 4.90 Å². The number of sulfonamides is 1. The van der Waals surface area contributed by atoms with Gasteiger partial charge in [-0.15, -0.1) is 4.83 Å². The Balaban J connectivity index is 2.96. The van der Waals surface area contributed by atoms with Crippen molar-refractivity contribution in [1.29, 1.82) is 0 Å². The van der Waals surface area contributed by atoms with Gasteiger partial charge in [-0.3, -0.25) is 4.98 Å². The number of nitrogens with zero attached hydrogens (tertiary/aromatic N) is 2. The zero-order valence-electron chi connectivity index (χ0n) is 7.43. The van der Waals surface area contributed by atoms with E-state index in [1.807, 2.05) is 0 Å². The molecule has 0 saturated carbocycles. The Morgan fingerprint density at radius 3 is 2.62 bits per heavy atom. The average Bonchev–Trinajstić information content (AvgIpc) is 2.04. The predicted molar refractivity (Wildman–Crippen MR) is 48.2 cm³/mol. The Morgan fingerprint density at radius 2 is 2.15 bits per heavy atom. The van der Waals surface area contributed by atoms with Gasteiger partial charge >= 0.3 is 0 Å². The summed E-state index contributed by atoms with van der Waals surface area (Å²) in [5.41, 5.74) is 0. The fourth-order valence-electron chi connectivity index (χ4n) is 0.799. The van der Waals surface area contributed by atoms with Crippen LogP contribution in [0.15, 0.2) is 29.4 Å². The molecule has 1 rings (SSSR count). The minimum absolute atomic E-state index is 0.156. The van der Waals surface area contributed by atoms with E-state index in [0.717, 1.165) is 0 Å². The summed E-state index contributed by atoms with van der Waals surface area (Å²) in [5.74, 6) is 0. The van der Waals surface area contributed by atoms with Crippen LogP contribution < -0.4 is 4.83 Å². The second kappa shape index (κ2) is 3.82. The van der Waals surface area contributed by atoms with Crippen molar-refractivity contribution < 1.29 is 8.42 Å². The highest BCUT2D eigenvalue weighted by molar-refractivity contribution is 7.89. The summed E-state index contributed by atoms with van der Waals surface area (Å²) in [4.78, 5) is 6.18. The molecule has 0 aliphatic carbocycles. The predicted octanol–water partition coefficient (Wildman–Crippen LogP) is -0.164. The van der Waals surface area contributed by atoms with Crippen LogP contribution in [-0.4, -0.2) is 32.5 Å². The van der Waals surface area contributed by atoms with Gasteiger partial charge in [-0.2, -0.15) is 0 Å². The fourth-order valence-corrected chi connectivity index (χ4v) is 1.84. The molecule has 0 amide bonds. The lowest BCUT2D eigenvalue weighted by atomic mass is 10.5. The summed E-state index contributed by atoms with van der Waals surface area (Å²) in [5, 5.41) is 1.36. The van der Waals surface area contributed by atoms with Crippen molar-refractivity contribution in [2.75, 3.05) is 14.1 Å². The lowest BCUT2D eigenvalue weighted by molar-refractivity contribution is 0.364. The smallest absolute Gasteiger partial charge is 0.254 e. The number of nitrogens with one attached hydrogen (secondary N) is 1. The zero-order chi connectivity index (χ0) is 9.90. The van der Waals surface area contributed by atoms with Crippen LogP contribution in [0.25, 0.3) is 0 Å². The Hall–Kier alpha value is -0.980. The molecule has 0 aliphatic heterocycles. The van der Waals surface area contributed by atoms with Gasteiger partial charge in [0.25, 0.3) is 10.0 Å². The first-order chi connectivity index (χ1) is 6.02. The van der Waals surface area contributed by atoms with Crippen LogP contribution in [0.4, 0.5) is 0 Å². The molecule has 0 saturated heterocycles. The Bertz CT molecular complexity index is 361. The van der Waals surface area contributed by atoms with Crippen LogP contribution in [0.2, 0.25) is 0 Å². The molecule has 0 spiro atoms. The summed E-state index contributed by atoms with van der Waals surface area (Å²) in [6, 6.07) is 3.06. The summed E-state index contributed by atoms with van der Waals surface area (Å²) >= 11 is 0. The van der Waals surface area contributed by atoms with Crippen LogP contribution in [0, 0.1) is 0 Å². The Morgan fingerprint density at radius 1 is 1.46 bits per heavy atom. The van der Waals surface area contributed by atoms with Gasteiger partial charge in [0, 0.05) is 26.5 Å². The summed E-state index contributed by atoms with van der Waals surface area (Å²) < 4.78 is 22.9. The molecule has 0 aliphatic rings. The number of pyridine rings is 1. The number of hydrogen-bond acceptors (Lipinski definition) is 4. The van der Waals surface area contributed by atoms with E-state index in [1.165, 1.54) is 23.5 Å². The van der Waals surface area contributed by atoms with Crippen LogP contribution in [-0.2, 0) is 10.0 Å². The average molecular weight is 201 g/mol. The van der Waals surface area contributed by atoms with E-state index < -0.39 is 10.0 Å². The van der Waals surface area contributed by atoms with E-state index in [4.69, 9.17) is 0 Å². The van der Waals surface area contributed by atoms with Crippen LogP contribution in [0.5, 0.6) is 0 Å². The molecule has 6 heteroatoms. The van der Waals surface area contributed by atoms with Crippen molar-refractivity contribution in [3.8, 4) is 0 Å². The maximum absolute atomic E-state index is 11.4. The normalized spacial score (nSPS) is 11.9. The Labute approximate surface area is 77.4 Å². The van der Waals surface area contributed by atoms with E-state index in [9.17, 15) is 8.42 Å². The molecule has 0 atom stereocenters. The van der Waals surface area contributed by atoms with Crippen LogP contribution in [0.1, 0.15) is 0 Å². The SMILES string of the molecule is CN(C)NS(=O)(=O)c1cccnc1. The van der Waals surface area contributed by atoms with E-state index in [2.05, 4.69) is 9.82 Å². The molecule has 0 radical (unpaired) electrons. The first kappa shape index (κ1) is 10.1. The second-order valence-electron chi connectivity index (χ2n) is 2.68. The molecule has 0 fully saturated rings. The number of aromatic nitrogens is 1. The largest absolute Gasteiger partial charge is 0.263 e. The van der Waals surface area contributed by atoms with Crippen molar-refractivity contribution in [1.82, 2.24) is 14.8 Å². The van der Waals surface area contributed by atoms with E-state index in [1.54, 1.807) is 20.2 Å². The standard InChI is InChI=1S/C7H11N3O2S/c1-10(2)9-13(11,12)7-4-3-5-8-6-7/h3-6,9H,1-2H3. The molecule has 13 heavy (non-hydrogen) atoms. The molecule has 0 unspecified atom stereocenters. The number of hydrazine groups is 1. The lowest BCUT2D eigenvalue weighted by Crippen LogP contribution is -2.36. The highest BCUT2D eigenvalue weighted by atomic mass is 32.2. The van der Waals surface area contributed by atoms with Gasteiger partial charge in [0.15, 0.2) is 0 Å². The molecule has 72 valence electrons. The molecule has 1 aromatic rings. The van der Waals surface area contributed by atoms with Gasteiger partial charge in [0.1, 0.15) is 4.90 Å². The van der Waals surface area contributed by atoms with Gasteiger partial charge in [-0.05, 0) is 12.1 Å². The number of rotatable bonds is 3. The first-order valence-electron chi connectivity index (χ1n) is 3.62. The monoisotopic (exact) mass is 201 g/mol. The third-order valence-corrected chi connectivity index (χ3v) is 2.72. The minimum atomic E-state index is -3.45. The molecule has 0 aromatic carbocycles. The molecule has 0 bridgehead atoms. The van der Waals surface area contributed by atoms with E-state index in [0.29, 0.717) is 0 Å². The van der Waals surface area contributed by atoms with Crippen molar-refractivity contribution in [3.05, 3.63) is 24.5 Å². The molecule has 1 heterocycles. The molecule has 5 nitrogen and oxygen atoms in total. The maximum atomic E-state index is 11.4. The van der Waals surface area contributed by atoms with Crippen LogP contribution >= 0.6 is 0 Å². The van der Waals surface area contributed by atoms with Crippen molar-refractivity contribution >= 4 is 10.0 Å². The summed E-state index contributed by atoms with van der Waals surface area (Å²) in [6.07, 6.45) is 2.82. The topological polar surface area (TPSA) is 62.3 Å². The Kier molecular flexibility index (Phi) is 2.97. The molecular weight excluding hydrogens is 190 g/mol. The number of hydrogen-bond donors (Lipinski definition) is 1. The summed E-state index contributed by atoms with van der Waals surface area (Å²) in [7, 11) is -0.236. The van der Waals surface area contributed by atoms with Gasteiger partial charge in [0.05, 0.1) is 0 Å². The highest BCUT2D eigenvalue weighted by Crippen LogP contribution is 2.04. The summed E-state index contributed by atoms with van der Waals surface area (Å²) in [6.45, 7) is 0. The maximum Gasteiger partial charge on any atom is 0.254 e. The third kappa shape index (κ3) is 2.76. The van der Waals surface area contributed by atoms with Crippen molar-refractivity contribution in [2.24, 2.45) is 0 Å². The lowest BCUT2D eigenvalue weighted by Gasteiger charge is -2.11. The van der Waals surface area contributed by atoms with Gasteiger partial charge in [0.2, 0.25) is 0 Å². The third-order valence-electron chi connectivity index (χ3n) is 1.25. The van der Waals surface area contributed by atoms with Crippen LogP contribution in [0.3, 0.4) is 0 Å². The van der Waals surface area contributed by atoms with E-state index >= 15 is 0 Å². The van der Waals surface area contributed by atoms with Gasteiger partial charge < -0.3 is 0 Å². The first-order valence-corrected chi connectivity index (χ1v) is 5.10. The highest BCUT2D eigenvalue weighted by Gasteiger charge is 2.13. The van der Waals surface area contributed by atoms with Gasteiger partial charge in [-0.25, -0.2) is 13.4 Å². The van der Waals surface area contributed by atoms with Gasteiger partial charge in [-0.1, -0.05) is 0 Å². The van der Waals surface area contributed by atoms with E-state index in [-0.39, 0.29) is 4.90 Å². The molecular formula is C7H11N3O2S. The fraction of sp³-hybridized carbons (Fsp3) is 0.286. The molecule has 1 aromatic heterocycles. The quantitative estimate of drug-likeness (QED) is 0.690. The zero-order valence-corrected chi connectivity index (χ0v) is 8.25. The second-order valence-corrected chi connectivity index (χ2v) is 4.34. The molecule has 1 N–H and O–H groups in total. The minimum Gasteiger partial charge on any atom is -0.263 e.